The van der Waals surface area contributed by atoms with Crippen molar-refractivity contribution in [2.45, 2.75) is 6.92 Å². The number of benzene rings is 2. The molecule has 2 aromatic carbocycles. The van der Waals surface area contributed by atoms with Crippen molar-refractivity contribution < 1.29 is 0 Å². The number of rotatable bonds is 3. The third-order valence-corrected chi connectivity index (χ3v) is 3.65. The first-order chi connectivity index (χ1) is 9.06. The molecule has 0 spiro atoms. The van der Waals surface area contributed by atoms with Gasteiger partial charge in [-0.1, -0.05) is 77.4 Å². The topological polar surface area (TPSA) is 0 Å². The van der Waals surface area contributed by atoms with Gasteiger partial charge in [-0.15, -0.1) is 0 Å². The Morgan fingerprint density at radius 1 is 1.05 bits per heavy atom. The molecule has 0 radical (unpaired) electrons. The SMILES string of the molecule is Cc1ccc(C(=S)C=Cc2ccc(Cl)cc2Cl)cc1. The lowest BCUT2D eigenvalue weighted by Crippen LogP contribution is -1.92. The normalized spacial score (nSPS) is 10.9. The molecule has 0 aliphatic carbocycles. The van der Waals surface area contributed by atoms with Crippen LogP contribution in [0, 0.1) is 6.92 Å². The number of thiocarbonyl (C=S) groups is 1. The highest BCUT2D eigenvalue weighted by Gasteiger charge is 1.99. The molecule has 0 aliphatic heterocycles. The second-order valence-corrected chi connectivity index (χ2v) is 5.51. The van der Waals surface area contributed by atoms with Gasteiger partial charge in [-0.2, -0.15) is 0 Å². The lowest BCUT2D eigenvalue weighted by atomic mass is 10.1. The van der Waals surface area contributed by atoms with Crippen LogP contribution in [0.2, 0.25) is 10.0 Å². The van der Waals surface area contributed by atoms with Crippen molar-refractivity contribution in [2.75, 3.05) is 0 Å². The Kier molecular flexibility index (Phi) is 4.76. The summed E-state index contributed by atoms with van der Waals surface area (Å²) in [4.78, 5) is 0.783. The Morgan fingerprint density at radius 3 is 2.37 bits per heavy atom. The fourth-order valence-electron chi connectivity index (χ4n) is 1.62. The van der Waals surface area contributed by atoms with Gasteiger partial charge in [0, 0.05) is 14.9 Å². The van der Waals surface area contributed by atoms with Gasteiger partial charge in [0.1, 0.15) is 0 Å². The lowest BCUT2D eigenvalue weighted by molar-refractivity contribution is 1.47. The molecule has 2 rings (SSSR count). The van der Waals surface area contributed by atoms with Gasteiger partial charge in [0.25, 0.3) is 0 Å². The van der Waals surface area contributed by atoms with Crippen molar-refractivity contribution in [2.24, 2.45) is 0 Å². The van der Waals surface area contributed by atoms with Crippen molar-refractivity contribution in [3.05, 3.63) is 75.3 Å². The number of allylic oxidation sites excluding steroid dienone is 1. The van der Waals surface area contributed by atoms with Crippen LogP contribution in [0.5, 0.6) is 0 Å². The van der Waals surface area contributed by atoms with Crippen molar-refractivity contribution in [1.29, 1.82) is 0 Å². The van der Waals surface area contributed by atoms with E-state index in [4.69, 9.17) is 35.4 Å². The maximum Gasteiger partial charge on any atom is 0.0493 e. The highest BCUT2D eigenvalue weighted by atomic mass is 35.5. The molecule has 0 saturated carbocycles. The van der Waals surface area contributed by atoms with Crippen molar-refractivity contribution in [3.8, 4) is 0 Å². The number of hydrogen-bond donors (Lipinski definition) is 0. The van der Waals surface area contributed by atoms with Gasteiger partial charge >= 0.3 is 0 Å². The zero-order valence-electron chi connectivity index (χ0n) is 10.4. The second-order valence-electron chi connectivity index (χ2n) is 4.23. The molecule has 0 atom stereocenters. The van der Waals surface area contributed by atoms with E-state index in [1.54, 1.807) is 6.07 Å². The first-order valence-corrected chi connectivity index (χ1v) is 6.97. The molecule has 96 valence electrons. The van der Waals surface area contributed by atoms with Gasteiger partial charge in [0.2, 0.25) is 0 Å². The Labute approximate surface area is 128 Å². The van der Waals surface area contributed by atoms with Crippen LogP contribution in [0.1, 0.15) is 16.7 Å². The van der Waals surface area contributed by atoms with E-state index in [-0.39, 0.29) is 0 Å². The van der Waals surface area contributed by atoms with E-state index >= 15 is 0 Å². The van der Waals surface area contributed by atoms with Gasteiger partial charge in [-0.3, -0.25) is 0 Å². The van der Waals surface area contributed by atoms with Gasteiger partial charge in [0.05, 0.1) is 0 Å². The summed E-state index contributed by atoms with van der Waals surface area (Å²) in [6, 6.07) is 13.5. The Hall–Kier alpha value is -1.15. The smallest absolute Gasteiger partial charge is 0.0493 e. The Bertz CT molecular complexity index is 628. The molecule has 0 aromatic heterocycles. The van der Waals surface area contributed by atoms with Crippen molar-refractivity contribution in [1.82, 2.24) is 0 Å². The molecule has 0 fully saturated rings. The first kappa shape index (κ1) is 14.3. The zero-order chi connectivity index (χ0) is 13.8. The summed E-state index contributed by atoms with van der Waals surface area (Å²) in [7, 11) is 0. The lowest BCUT2D eigenvalue weighted by Gasteiger charge is -2.01. The fourth-order valence-corrected chi connectivity index (χ4v) is 2.29. The number of hydrogen-bond acceptors (Lipinski definition) is 1. The molecule has 0 aliphatic rings. The highest BCUT2D eigenvalue weighted by molar-refractivity contribution is 7.81. The van der Waals surface area contributed by atoms with E-state index in [9.17, 15) is 0 Å². The van der Waals surface area contributed by atoms with Gasteiger partial charge in [-0.25, -0.2) is 0 Å². The van der Waals surface area contributed by atoms with E-state index in [0.29, 0.717) is 10.0 Å². The maximum atomic E-state index is 6.10. The fraction of sp³-hybridized carbons (Fsp3) is 0.0625. The standard InChI is InChI=1S/C16H12Cl2S/c1-11-2-4-13(5-3-11)16(19)9-7-12-6-8-14(17)10-15(12)18/h2-10H,1H3. The summed E-state index contributed by atoms with van der Waals surface area (Å²) in [6.07, 6.45) is 3.79. The predicted octanol–water partition coefficient (Wildman–Crippen LogP) is 5.73. The van der Waals surface area contributed by atoms with E-state index in [0.717, 1.165) is 16.0 Å². The third kappa shape index (κ3) is 3.90. The van der Waals surface area contributed by atoms with Crippen LogP contribution in [-0.2, 0) is 0 Å². The van der Waals surface area contributed by atoms with Crippen molar-refractivity contribution >= 4 is 46.4 Å². The van der Waals surface area contributed by atoms with E-state index in [1.807, 2.05) is 48.6 Å². The minimum Gasteiger partial charge on any atom is -0.0843 e. The minimum atomic E-state index is 0.621. The average molecular weight is 307 g/mol. The van der Waals surface area contributed by atoms with Crippen LogP contribution in [0.15, 0.2) is 48.5 Å². The molecule has 0 heterocycles. The summed E-state index contributed by atoms with van der Waals surface area (Å²) in [5, 5.41) is 1.25. The molecule has 0 unspecified atom stereocenters. The molecule has 0 bridgehead atoms. The average Bonchev–Trinajstić information content (AvgIpc) is 2.38. The molecule has 0 amide bonds. The predicted molar refractivity (Wildman–Crippen MR) is 88.4 cm³/mol. The van der Waals surface area contributed by atoms with Crippen LogP contribution in [0.3, 0.4) is 0 Å². The van der Waals surface area contributed by atoms with Crippen molar-refractivity contribution in [3.63, 3.8) is 0 Å². The van der Waals surface area contributed by atoms with E-state index < -0.39 is 0 Å². The van der Waals surface area contributed by atoms with Gasteiger partial charge in [0.15, 0.2) is 0 Å². The van der Waals surface area contributed by atoms with Crippen LogP contribution in [0.25, 0.3) is 6.08 Å². The monoisotopic (exact) mass is 306 g/mol. The van der Waals surface area contributed by atoms with Crippen LogP contribution in [-0.4, -0.2) is 4.86 Å². The molecule has 0 N–H and O–H groups in total. The largest absolute Gasteiger partial charge is 0.0843 e. The Balaban J connectivity index is 2.18. The van der Waals surface area contributed by atoms with Gasteiger partial charge in [-0.05, 0) is 36.3 Å². The van der Waals surface area contributed by atoms with Crippen LogP contribution in [0.4, 0.5) is 0 Å². The molecule has 3 heteroatoms. The Morgan fingerprint density at radius 2 is 1.74 bits per heavy atom. The maximum absolute atomic E-state index is 6.10. The summed E-state index contributed by atoms with van der Waals surface area (Å²) in [6.45, 7) is 2.05. The second kappa shape index (κ2) is 6.33. The molecule has 2 aromatic rings. The molecule has 0 saturated heterocycles. The number of aryl methyl sites for hydroxylation is 1. The summed E-state index contributed by atoms with van der Waals surface area (Å²) < 4.78 is 0. The van der Waals surface area contributed by atoms with Crippen LogP contribution < -0.4 is 0 Å². The summed E-state index contributed by atoms with van der Waals surface area (Å²) in [5.74, 6) is 0. The number of halogens is 2. The molecular formula is C16H12Cl2S. The van der Waals surface area contributed by atoms with E-state index in [2.05, 4.69) is 6.92 Å². The first-order valence-electron chi connectivity index (χ1n) is 5.80. The minimum absolute atomic E-state index is 0.621. The van der Waals surface area contributed by atoms with E-state index in [1.165, 1.54) is 5.56 Å². The highest BCUT2D eigenvalue weighted by Crippen LogP contribution is 2.22. The quantitative estimate of drug-likeness (QED) is 0.396. The zero-order valence-corrected chi connectivity index (χ0v) is 12.7. The van der Waals surface area contributed by atoms with Crippen LogP contribution >= 0.6 is 35.4 Å². The molecule has 19 heavy (non-hydrogen) atoms. The molecular weight excluding hydrogens is 295 g/mol. The van der Waals surface area contributed by atoms with Gasteiger partial charge < -0.3 is 0 Å². The summed E-state index contributed by atoms with van der Waals surface area (Å²) in [5.41, 5.74) is 3.15. The third-order valence-electron chi connectivity index (χ3n) is 2.71. The molecule has 0 nitrogen and oxygen atoms in total. The summed E-state index contributed by atoms with van der Waals surface area (Å²) >= 11 is 17.3.